The normalized spacial score (nSPS) is 10.4. The maximum absolute atomic E-state index is 9.13. The van der Waals surface area contributed by atoms with Crippen LogP contribution in [0.4, 0.5) is 5.69 Å². The molecule has 0 aliphatic carbocycles. The van der Waals surface area contributed by atoms with Gasteiger partial charge in [0.15, 0.2) is 5.82 Å². The quantitative estimate of drug-likeness (QED) is 0.794. The van der Waals surface area contributed by atoms with Crippen molar-refractivity contribution >= 4 is 17.4 Å². The summed E-state index contributed by atoms with van der Waals surface area (Å²) in [7, 11) is 0. The standard InChI is InChI=1S/C11H13N3O2S/c1-17-7-10-13-11(16-14-10)6-12-8-2-4-9(15)5-3-8/h2-5,12,15H,6-7H2,1H3. The van der Waals surface area contributed by atoms with E-state index >= 15 is 0 Å². The van der Waals surface area contributed by atoms with E-state index in [1.54, 1.807) is 36.0 Å². The maximum Gasteiger partial charge on any atom is 0.245 e. The summed E-state index contributed by atoms with van der Waals surface area (Å²) in [5.41, 5.74) is 0.896. The molecule has 1 aromatic heterocycles. The Morgan fingerprint density at radius 1 is 1.35 bits per heavy atom. The molecule has 0 saturated heterocycles. The van der Waals surface area contributed by atoms with Gasteiger partial charge in [0.2, 0.25) is 5.89 Å². The second-order valence-electron chi connectivity index (χ2n) is 3.44. The summed E-state index contributed by atoms with van der Waals surface area (Å²) in [6, 6.07) is 6.81. The van der Waals surface area contributed by atoms with Crippen molar-refractivity contribution in [3.05, 3.63) is 36.0 Å². The molecule has 17 heavy (non-hydrogen) atoms. The van der Waals surface area contributed by atoms with Crippen molar-refractivity contribution in [3.63, 3.8) is 0 Å². The Hall–Kier alpha value is -1.69. The molecule has 0 amide bonds. The van der Waals surface area contributed by atoms with Crippen LogP contribution in [-0.4, -0.2) is 21.5 Å². The van der Waals surface area contributed by atoms with Gasteiger partial charge < -0.3 is 14.9 Å². The number of thioether (sulfide) groups is 1. The smallest absolute Gasteiger partial charge is 0.245 e. The Morgan fingerprint density at radius 3 is 2.82 bits per heavy atom. The van der Waals surface area contributed by atoms with Crippen LogP contribution in [0.25, 0.3) is 0 Å². The van der Waals surface area contributed by atoms with E-state index in [0.29, 0.717) is 18.3 Å². The van der Waals surface area contributed by atoms with Crippen LogP contribution in [0.15, 0.2) is 28.8 Å². The largest absolute Gasteiger partial charge is 0.508 e. The van der Waals surface area contributed by atoms with Crippen molar-refractivity contribution in [2.24, 2.45) is 0 Å². The van der Waals surface area contributed by atoms with Crippen LogP contribution in [0.2, 0.25) is 0 Å². The minimum atomic E-state index is 0.246. The third kappa shape index (κ3) is 3.39. The number of rotatable bonds is 5. The number of phenols is 1. The molecule has 5 nitrogen and oxygen atoms in total. The fraction of sp³-hybridized carbons (Fsp3) is 0.273. The summed E-state index contributed by atoms with van der Waals surface area (Å²) in [5, 5.41) is 16.1. The molecule has 2 N–H and O–H groups in total. The van der Waals surface area contributed by atoms with Gasteiger partial charge in [0.1, 0.15) is 5.75 Å². The molecular formula is C11H13N3O2S. The summed E-state index contributed by atoms with van der Waals surface area (Å²) < 4.78 is 5.08. The van der Waals surface area contributed by atoms with Crippen molar-refractivity contribution in [1.29, 1.82) is 0 Å². The molecule has 0 aliphatic rings. The first-order valence-corrected chi connectivity index (χ1v) is 6.50. The molecule has 90 valence electrons. The lowest BCUT2D eigenvalue weighted by Crippen LogP contribution is -1.99. The summed E-state index contributed by atoms with van der Waals surface area (Å²) in [6.07, 6.45) is 1.99. The van der Waals surface area contributed by atoms with Gasteiger partial charge in [0.05, 0.1) is 12.3 Å². The molecule has 2 aromatic rings. The van der Waals surface area contributed by atoms with E-state index in [4.69, 9.17) is 9.63 Å². The summed E-state index contributed by atoms with van der Waals surface area (Å²) in [4.78, 5) is 4.22. The molecule has 2 rings (SSSR count). The topological polar surface area (TPSA) is 71.2 Å². The zero-order valence-electron chi connectivity index (χ0n) is 9.38. The number of nitrogens with zero attached hydrogens (tertiary/aromatic N) is 2. The van der Waals surface area contributed by atoms with Crippen molar-refractivity contribution in [3.8, 4) is 5.75 Å². The Balaban J connectivity index is 1.90. The molecule has 1 aromatic carbocycles. The summed E-state index contributed by atoms with van der Waals surface area (Å²) in [6.45, 7) is 0.478. The molecule has 0 aliphatic heterocycles. The highest BCUT2D eigenvalue weighted by Crippen LogP contribution is 2.14. The number of aromatic hydroxyl groups is 1. The summed E-state index contributed by atoms with van der Waals surface area (Å²) >= 11 is 1.65. The third-order valence-electron chi connectivity index (χ3n) is 2.09. The zero-order valence-corrected chi connectivity index (χ0v) is 10.2. The fourth-order valence-electron chi connectivity index (χ4n) is 1.31. The van der Waals surface area contributed by atoms with Crippen LogP contribution in [0, 0.1) is 0 Å². The molecule has 0 spiro atoms. The molecular weight excluding hydrogens is 238 g/mol. The van der Waals surface area contributed by atoms with Gasteiger partial charge in [-0.05, 0) is 30.5 Å². The predicted molar refractivity (Wildman–Crippen MR) is 67.0 cm³/mol. The SMILES string of the molecule is CSCc1noc(CNc2ccc(O)cc2)n1. The van der Waals surface area contributed by atoms with Gasteiger partial charge in [-0.3, -0.25) is 0 Å². The molecule has 0 fully saturated rings. The second-order valence-corrected chi connectivity index (χ2v) is 4.30. The average Bonchev–Trinajstić information content (AvgIpc) is 2.77. The van der Waals surface area contributed by atoms with Gasteiger partial charge in [0, 0.05) is 5.69 Å². The fourth-order valence-corrected chi connectivity index (χ4v) is 1.68. The minimum absolute atomic E-state index is 0.246. The molecule has 0 bridgehead atoms. The van der Waals surface area contributed by atoms with Crippen molar-refractivity contribution in [1.82, 2.24) is 10.1 Å². The zero-order chi connectivity index (χ0) is 12.1. The Bertz CT molecular complexity index is 470. The number of hydrogen-bond donors (Lipinski definition) is 2. The van der Waals surface area contributed by atoms with Gasteiger partial charge >= 0.3 is 0 Å². The lowest BCUT2D eigenvalue weighted by molar-refractivity contribution is 0.379. The van der Waals surface area contributed by atoms with E-state index in [0.717, 1.165) is 11.4 Å². The Morgan fingerprint density at radius 2 is 2.12 bits per heavy atom. The Labute approximate surface area is 103 Å². The van der Waals surface area contributed by atoms with Crippen molar-refractivity contribution in [2.75, 3.05) is 11.6 Å². The molecule has 0 atom stereocenters. The number of phenolic OH excluding ortho intramolecular Hbond substituents is 1. The number of nitrogens with one attached hydrogen (secondary N) is 1. The lowest BCUT2D eigenvalue weighted by atomic mass is 10.3. The Kier molecular flexibility index (Phi) is 3.87. The molecule has 6 heteroatoms. The van der Waals surface area contributed by atoms with Crippen molar-refractivity contribution in [2.45, 2.75) is 12.3 Å². The monoisotopic (exact) mass is 251 g/mol. The number of anilines is 1. The molecule has 0 unspecified atom stereocenters. The van der Waals surface area contributed by atoms with E-state index in [9.17, 15) is 0 Å². The number of hydrogen-bond acceptors (Lipinski definition) is 6. The van der Waals surface area contributed by atoms with Crippen LogP contribution in [0.1, 0.15) is 11.7 Å². The van der Waals surface area contributed by atoms with Gasteiger partial charge in [-0.15, -0.1) is 0 Å². The third-order valence-corrected chi connectivity index (χ3v) is 2.64. The van der Waals surface area contributed by atoms with E-state index in [1.807, 2.05) is 6.26 Å². The second kappa shape index (κ2) is 5.58. The van der Waals surface area contributed by atoms with Crippen LogP contribution in [-0.2, 0) is 12.3 Å². The van der Waals surface area contributed by atoms with Gasteiger partial charge in [-0.1, -0.05) is 5.16 Å². The molecule has 0 radical (unpaired) electrons. The maximum atomic E-state index is 9.13. The van der Waals surface area contributed by atoms with E-state index in [2.05, 4.69) is 15.5 Å². The van der Waals surface area contributed by atoms with Crippen LogP contribution in [0.3, 0.4) is 0 Å². The molecule has 1 heterocycles. The summed E-state index contributed by atoms with van der Waals surface area (Å²) in [5.74, 6) is 2.26. The van der Waals surface area contributed by atoms with Gasteiger partial charge in [-0.2, -0.15) is 16.7 Å². The number of aromatic nitrogens is 2. The molecule has 0 saturated carbocycles. The highest BCUT2D eigenvalue weighted by molar-refractivity contribution is 7.97. The minimum Gasteiger partial charge on any atom is -0.508 e. The van der Waals surface area contributed by atoms with Crippen LogP contribution in [0.5, 0.6) is 5.75 Å². The highest BCUT2D eigenvalue weighted by atomic mass is 32.2. The van der Waals surface area contributed by atoms with E-state index < -0.39 is 0 Å². The first kappa shape index (κ1) is 11.8. The van der Waals surface area contributed by atoms with Crippen LogP contribution >= 0.6 is 11.8 Å². The predicted octanol–water partition coefficient (Wildman–Crippen LogP) is 2.25. The van der Waals surface area contributed by atoms with E-state index in [-0.39, 0.29) is 5.75 Å². The lowest BCUT2D eigenvalue weighted by Gasteiger charge is -2.02. The van der Waals surface area contributed by atoms with Crippen LogP contribution < -0.4 is 5.32 Å². The van der Waals surface area contributed by atoms with Gasteiger partial charge in [-0.25, -0.2) is 0 Å². The van der Waals surface area contributed by atoms with Gasteiger partial charge in [0.25, 0.3) is 0 Å². The van der Waals surface area contributed by atoms with Crippen molar-refractivity contribution < 1.29 is 9.63 Å². The first-order valence-electron chi connectivity index (χ1n) is 5.11. The highest BCUT2D eigenvalue weighted by Gasteiger charge is 2.04. The average molecular weight is 251 g/mol. The van der Waals surface area contributed by atoms with E-state index in [1.165, 1.54) is 0 Å². The number of benzene rings is 1. The first-order chi connectivity index (χ1) is 8.28.